The van der Waals surface area contributed by atoms with Crippen LogP contribution in [0.5, 0.6) is 5.75 Å². The minimum absolute atomic E-state index is 0.401. The lowest BCUT2D eigenvalue weighted by Crippen LogP contribution is -1.99. The van der Waals surface area contributed by atoms with E-state index in [4.69, 9.17) is 16.3 Å². The molecule has 4 nitrogen and oxygen atoms in total. The summed E-state index contributed by atoms with van der Waals surface area (Å²) in [6.07, 6.45) is 3.41. The van der Waals surface area contributed by atoms with Crippen LogP contribution in [0.2, 0.25) is 5.02 Å². The number of pyridine rings is 1. The van der Waals surface area contributed by atoms with Crippen LogP contribution < -0.4 is 10.2 Å². The molecule has 0 aliphatic carbocycles. The fourth-order valence-electron chi connectivity index (χ4n) is 2.09. The van der Waals surface area contributed by atoms with Crippen LogP contribution in [0.25, 0.3) is 0 Å². The topological polar surface area (TPSA) is 46.5 Å². The Morgan fingerprint density at radius 3 is 2.62 bits per heavy atom. The van der Waals surface area contributed by atoms with E-state index in [0.29, 0.717) is 17.4 Å². The molecule has 0 amide bonds. The zero-order valence-electron chi connectivity index (χ0n) is 12.9. The number of benzene rings is 2. The van der Waals surface area contributed by atoms with Crippen LogP contribution in [0.4, 0.5) is 5.82 Å². The maximum atomic E-state index is 6.16. The molecule has 0 atom stereocenters. The summed E-state index contributed by atoms with van der Waals surface area (Å²) in [7, 11) is 0. The molecular weight excluding hydrogens is 322 g/mol. The highest BCUT2D eigenvalue weighted by atomic mass is 35.5. The predicted octanol–water partition coefficient (Wildman–Crippen LogP) is 4.76. The number of hydrazone groups is 1. The Bertz CT molecular complexity index is 822. The van der Waals surface area contributed by atoms with Crippen molar-refractivity contribution in [2.75, 3.05) is 5.43 Å². The van der Waals surface area contributed by atoms with Gasteiger partial charge in [-0.3, -0.25) is 5.43 Å². The number of nitrogens with zero attached hydrogens (tertiary/aromatic N) is 2. The maximum absolute atomic E-state index is 6.16. The van der Waals surface area contributed by atoms with Crippen molar-refractivity contribution in [1.82, 2.24) is 4.98 Å². The molecule has 0 unspecified atom stereocenters. The quantitative estimate of drug-likeness (QED) is 0.521. The molecule has 1 N–H and O–H groups in total. The fourth-order valence-corrected chi connectivity index (χ4v) is 2.28. The summed E-state index contributed by atoms with van der Waals surface area (Å²) in [5.74, 6) is 1.42. The van der Waals surface area contributed by atoms with E-state index in [1.54, 1.807) is 12.4 Å². The normalized spacial score (nSPS) is 10.7. The molecule has 1 aromatic heterocycles. The Morgan fingerprint density at radius 1 is 1.00 bits per heavy atom. The van der Waals surface area contributed by atoms with Crippen LogP contribution in [0.1, 0.15) is 11.1 Å². The van der Waals surface area contributed by atoms with E-state index in [1.165, 1.54) is 0 Å². The lowest BCUT2D eigenvalue weighted by atomic mass is 10.2. The lowest BCUT2D eigenvalue weighted by molar-refractivity contribution is 0.306. The minimum atomic E-state index is 0.401. The fraction of sp³-hybridized carbons (Fsp3) is 0.0526. The number of aromatic nitrogens is 1. The molecule has 0 radical (unpaired) electrons. The van der Waals surface area contributed by atoms with E-state index in [1.807, 2.05) is 66.7 Å². The summed E-state index contributed by atoms with van der Waals surface area (Å²) in [5.41, 5.74) is 4.70. The van der Waals surface area contributed by atoms with Crippen LogP contribution in [0, 0.1) is 0 Å². The zero-order valence-corrected chi connectivity index (χ0v) is 13.6. The Balaban J connectivity index is 1.68. The number of para-hydroxylation sites is 1. The van der Waals surface area contributed by atoms with Gasteiger partial charge >= 0.3 is 0 Å². The smallest absolute Gasteiger partial charge is 0.146 e. The van der Waals surface area contributed by atoms with Crippen molar-refractivity contribution in [3.63, 3.8) is 0 Å². The number of nitrogens with one attached hydrogen (secondary N) is 1. The van der Waals surface area contributed by atoms with Gasteiger partial charge in [0.15, 0.2) is 0 Å². The van der Waals surface area contributed by atoms with Crippen molar-refractivity contribution in [2.24, 2.45) is 5.10 Å². The first-order valence-electron chi connectivity index (χ1n) is 7.48. The van der Waals surface area contributed by atoms with Crippen LogP contribution in [-0.2, 0) is 6.61 Å². The second-order valence-electron chi connectivity index (χ2n) is 5.00. The summed E-state index contributed by atoms with van der Waals surface area (Å²) < 4.78 is 5.89. The van der Waals surface area contributed by atoms with Crippen LogP contribution in [-0.4, -0.2) is 11.2 Å². The van der Waals surface area contributed by atoms with Gasteiger partial charge in [-0.25, -0.2) is 4.98 Å². The van der Waals surface area contributed by atoms with Crippen molar-refractivity contribution in [3.8, 4) is 5.75 Å². The molecule has 0 aliphatic rings. The minimum Gasteiger partial charge on any atom is -0.488 e. The lowest BCUT2D eigenvalue weighted by Gasteiger charge is -2.10. The molecule has 3 aromatic rings. The van der Waals surface area contributed by atoms with Gasteiger partial charge in [0.05, 0.1) is 6.21 Å². The second-order valence-corrected chi connectivity index (χ2v) is 5.41. The van der Waals surface area contributed by atoms with Crippen LogP contribution in [0.3, 0.4) is 0 Å². The molecule has 24 heavy (non-hydrogen) atoms. The molecule has 120 valence electrons. The molecule has 0 fully saturated rings. The number of hydrogen-bond donors (Lipinski definition) is 1. The van der Waals surface area contributed by atoms with Crippen molar-refractivity contribution in [2.45, 2.75) is 6.61 Å². The summed E-state index contributed by atoms with van der Waals surface area (Å²) in [6.45, 7) is 0.401. The van der Waals surface area contributed by atoms with Gasteiger partial charge in [0.2, 0.25) is 0 Å². The Labute approximate surface area is 145 Å². The van der Waals surface area contributed by atoms with Crippen molar-refractivity contribution in [1.29, 1.82) is 0 Å². The van der Waals surface area contributed by atoms with Crippen LogP contribution >= 0.6 is 11.6 Å². The number of anilines is 1. The van der Waals surface area contributed by atoms with E-state index >= 15 is 0 Å². The number of hydrogen-bond acceptors (Lipinski definition) is 4. The first-order chi connectivity index (χ1) is 11.8. The summed E-state index contributed by atoms with van der Waals surface area (Å²) >= 11 is 6.16. The van der Waals surface area contributed by atoms with Gasteiger partial charge in [-0.1, -0.05) is 48.0 Å². The number of ether oxygens (including phenoxy) is 1. The van der Waals surface area contributed by atoms with Crippen LogP contribution in [0.15, 0.2) is 78.0 Å². The second kappa shape index (κ2) is 8.13. The molecule has 3 rings (SSSR count). The Kier molecular flexibility index (Phi) is 5.43. The highest BCUT2D eigenvalue weighted by Crippen LogP contribution is 2.21. The highest BCUT2D eigenvalue weighted by Gasteiger charge is 2.03. The SMILES string of the molecule is Clc1ccccc1COc1ccccc1C=NNc1ccccn1. The van der Waals surface area contributed by atoms with Crippen molar-refractivity contribution < 1.29 is 4.74 Å². The number of halogens is 1. The van der Waals surface area contributed by atoms with Gasteiger partial charge in [0.1, 0.15) is 18.2 Å². The van der Waals surface area contributed by atoms with Gasteiger partial charge in [0.25, 0.3) is 0 Å². The molecule has 0 saturated heterocycles. The number of rotatable bonds is 6. The molecule has 2 aromatic carbocycles. The van der Waals surface area contributed by atoms with Gasteiger partial charge in [-0.15, -0.1) is 0 Å². The van der Waals surface area contributed by atoms with E-state index in [-0.39, 0.29) is 0 Å². The largest absolute Gasteiger partial charge is 0.488 e. The molecule has 5 heteroatoms. The van der Waals surface area contributed by atoms with Gasteiger partial charge in [0, 0.05) is 22.3 Å². The molecular formula is C19H16ClN3O. The van der Waals surface area contributed by atoms with Crippen molar-refractivity contribution >= 4 is 23.6 Å². The first kappa shape index (κ1) is 16.0. The highest BCUT2D eigenvalue weighted by molar-refractivity contribution is 6.31. The standard InChI is InChI=1S/C19H16ClN3O/c20-17-9-3-1-8-16(17)14-24-18-10-4-2-7-15(18)13-22-23-19-11-5-6-12-21-19/h1-13H,14H2,(H,21,23). The third-order valence-electron chi connectivity index (χ3n) is 3.31. The van der Waals surface area contributed by atoms with Crippen molar-refractivity contribution in [3.05, 3.63) is 89.1 Å². The first-order valence-corrected chi connectivity index (χ1v) is 7.86. The van der Waals surface area contributed by atoms with E-state index in [9.17, 15) is 0 Å². The molecule has 0 aliphatic heterocycles. The van der Waals surface area contributed by atoms with E-state index in [2.05, 4.69) is 15.5 Å². The monoisotopic (exact) mass is 337 g/mol. The van der Waals surface area contributed by atoms with Gasteiger partial charge in [-0.05, 0) is 30.3 Å². The zero-order chi connectivity index (χ0) is 16.6. The third kappa shape index (κ3) is 4.33. The van der Waals surface area contributed by atoms with Gasteiger partial charge in [-0.2, -0.15) is 5.10 Å². The summed E-state index contributed by atoms with van der Waals surface area (Å²) in [6, 6.07) is 20.9. The summed E-state index contributed by atoms with van der Waals surface area (Å²) in [5, 5.41) is 4.90. The Morgan fingerprint density at radius 2 is 1.79 bits per heavy atom. The average Bonchev–Trinajstić information content (AvgIpc) is 2.63. The summed E-state index contributed by atoms with van der Waals surface area (Å²) in [4.78, 5) is 4.15. The van der Waals surface area contributed by atoms with Gasteiger partial charge < -0.3 is 4.74 Å². The van der Waals surface area contributed by atoms with E-state index in [0.717, 1.165) is 16.9 Å². The molecule has 0 spiro atoms. The molecule has 0 bridgehead atoms. The predicted molar refractivity (Wildman–Crippen MR) is 97.7 cm³/mol. The molecule has 1 heterocycles. The third-order valence-corrected chi connectivity index (χ3v) is 3.68. The molecule has 0 saturated carbocycles. The van der Waals surface area contributed by atoms with E-state index < -0.39 is 0 Å². The average molecular weight is 338 g/mol. The Hall–Kier alpha value is -2.85. The maximum Gasteiger partial charge on any atom is 0.146 e.